The topological polar surface area (TPSA) is 143 Å². The Kier molecular flexibility index (Phi) is 8.23. The number of aliphatic hydroxyl groups excluding tert-OH is 1. The molecule has 178 valence electrons. The van der Waals surface area contributed by atoms with E-state index < -0.39 is 26.6 Å². The van der Waals surface area contributed by atoms with Crippen molar-refractivity contribution in [3.05, 3.63) is 63.8 Å². The number of fused-ring (bicyclic) bond motifs is 2. The van der Waals surface area contributed by atoms with Crippen LogP contribution in [0.3, 0.4) is 0 Å². The molecule has 0 aliphatic carbocycles. The monoisotopic (exact) mass is 475 g/mol. The van der Waals surface area contributed by atoms with Crippen molar-refractivity contribution in [1.29, 1.82) is 0 Å². The second-order valence-corrected chi connectivity index (χ2v) is 9.59. The number of unbranched alkanes of at least 4 members (excludes halogenated alkanes) is 2. The van der Waals surface area contributed by atoms with E-state index in [2.05, 4.69) is 17.5 Å². The van der Waals surface area contributed by atoms with Crippen molar-refractivity contribution < 1.29 is 28.4 Å². The summed E-state index contributed by atoms with van der Waals surface area (Å²) in [6, 6.07) is 10.8. The quantitative estimate of drug-likeness (QED) is 0.186. The predicted octanol–water partition coefficient (Wildman–Crippen LogP) is 3.88. The predicted molar refractivity (Wildman–Crippen MR) is 129 cm³/mol. The minimum Gasteiger partial charge on any atom is -0.456 e. The normalized spacial score (nSPS) is 14.3. The molecule has 0 saturated carbocycles. The van der Waals surface area contributed by atoms with Gasteiger partial charge in [0, 0.05) is 0 Å². The van der Waals surface area contributed by atoms with Crippen molar-refractivity contribution in [2.24, 2.45) is 5.73 Å². The summed E-state index contributed by atoms with van der Waals surface area (Å²) in [5.41, 5.74) is 7.29. The Morgan fingerprint density at radius 2 is 1.94 bits per heavy atom. The van der Waals surface area contributed by atoms with Gasteiger partial charge in [0.25, 0.3) is 0 Å². The van der Waals surface area contributed by atoms with Crippen LogP contribution in [0.1, 0.15) is 43.7 Å². The molecule has 3 rings (SSSR count). The van der Waals surface area contributed by atoms with Crippen molar-refractivity contribution in [3.63, 3.8) is 0 Å². The lowest BCUT2D eigenvalue weighted by molar-refractivity contribution is 0.102. The lowest BCUT2D eigenvalue weighted by atomic mass is 9.93. The fourth-order valence-electron chi connectivity index (χ4n) is 3.52. The van der Waals surface area contributed by atoms with Crippen molar-refractivity contribution in [2.75, 3.05) is 13.2 Å². The molecule has 0 saturated heterocycles. The molecule has 2 aromatic carbocycles. The first-order valence-electron chi connectivity index (χ1n) is 10.9. The molecule has 1 atom stereocenters. The van der Waals surface area contributed by atoms with Gasteiger partial charge in [-0.05, 0) is 54.7 Å². The summed E-state index contributed by atoms with van der Waals surface area (Å²) in [7, 11) is -4.69. The first-order chi connectivity index (χ1) is 15.6. The van der Waals surface area contributed by atoms with Crippen LogP contribution in [0.15, 0.2) is 51.7 Å². The molecular formula is C24H30NO7P. The summed E-state index contributed by atoms with van der Waals surface area (Å²) in [5.74, 6) is 0. The van der Waals surface area contributed by atoms with Crippen molar-refractivity contribution in [1.82, 2.24) is 0 Å². The second-order valence-electron chi connectivity index (χ2n) is 8.35. The third-order valence-corrected chi connectivity index (χ3v) is 6.01. The molecule has 9 heteroatoms. The largest absolute Gasteiger partial charge is 0.469 e. The van der Waals surface area contributed by atoms with Gasteiger partial charge in [0.1, 0.15) is 11.2 Å². The van der Waals surface area contributed by atoms with Crippen LogP contribution in [0.5, 0.6) is 0 Å². The smallest absolute Gasteiger partial charge is 0.456 e. The van der Waals surface area contributed by atoms with Crippen molar-refractivity contribution >= 4 is 35.8 Å². The summed E-state index contributed by atoms with van der Waals surface area (Å²) in [6.07, 6.45) is 7.97. The molecule has 33 heavy (non-hydrogen) atoms. The van der Waals surface area contributed by atoms with Gasteiger partial charge in [0.2, 0.25) is 5.43 Å². The third kappa shape index (κ3) is 6.84. The van der Waals surface area contributed by atoms with E-state index in [0.29, 0.717) is 28.4 Å². The van der Waals surface area contributed by atoms with E-state index in [1.54, 1.807) is 24.3 Å². The highest BCUT2D eigenvalue weighted by molar-refractivity contribution is 7.46. The van der Waals surface area contributed by atoms with Gasteiger partial charge in [0.15, 0.2) is 0 Å². The highest BCUT2D eigenvalue weighted by atomic mass is 31.2. The van der Waals surface area contributed by atoms with E-state index in [1.807, 2.05) is 18.2 Å². The summed E-state index contributed by atoms with van der Waals surface area (Å²) in [5, 5.41) is 10.5. The standard InChI is InChI=1S/C24H30NO7P/c1-2-3-4-5-6-17-8-10-21-20(13-17)23(27)19-9-7-18(14-22(19)32-21)11-12-24(25,15-26)16-31-33(28,29)30/h5-10,13-14,26H,2-4,11-12,15-16,25H2,1H3,(H2,28,29,30)/b6-5+. The molecule has 0 bridgehead atoms. The Hall–Kier alpha value is -2.32. The van der Waals surface area contributed by atoms with Gasteiger partial charge in [-0.25, -0.2) is 4.57 Å². The van der Waals surface area contributed by atoms with Gasteiger partial charge in [0.05, 0.1) is 29.5 Å². The Morgan fingerprint density at radius 1 is 1.15 bits per heavy atom. The van der Waals surface area contributed by atoms with Crippen LogP contribution in [-0.2, 0) is 15.5 Å². The van der Waals surface area contributed by atoms with E-state index in [1.165, 1.54) is 0 Å². The highest BCUT2D eigenvalue weighted by Crippen LogP contribution is 2.37. The van der Waals surface area contributed by atoms with Crippen LogP contribution in [0, 0.1) is 0 Å². The van der Waals surface area contributed by atoms with Crippen LogP contribution in [0.25, 0.3) is 28.0 Å². The molecule has 0 aliphatic rings. The molecule has 1 heterocycles. The molecule has 8 nitrogen and oxygen atoms in total. The molecule has 3 aromatic rings. The lowest BCUT2D eigenvalue weighted by Gasteiger charge is -2.27. The Bertz CT molecular complexity index is 1250. The van der Waals surface area contributed by atoms with Crippen LogP contribution in [0.2, 0.25) is 0 Å². The van der Waals surface area contributed by atoms with Crippen LogP contribution >= 0.6 is 7.82 Å². The number of nitrogens with two attached hydrogens (primary N) is 1. The van der Waals surface area contributed by atoms with E-state index in [4.69, 9.17) is 19.9 Å². The van der Waals surface area contributed by atoms with Gasteiger partial charge in [-0.3, -0.25) is 9.32 Å². The number of hydrogen-bond acceptors (Lipinski definition) is 6. The average Bonchev–Trinajstić information content (AvgIpc) is 2.79. The van der Waals surface area contributed by atoms with Crippen molar-refractivity contribution in [3.8, 4) is 0 Å². The van der Waals surface area contributed by atoms with Gasteiger partial charge in [-0.15, -0.1) is 0 Å². The maximum atomic E-state index is 13.0. The fraction of sp³-hybridized carbons (Fsp3) is 0.375. The summed E-state index contributed by atoms with van der Waals surface area (Å²) in [4.78, 5) is 30.8. The van der Waals surface area contributed by atoms with Crippen molar-refractivity contribution in [2.45, 2.75) is 44.6 Å². The summed E-state index contributed by atoms with van der Waals surface area (Å²) >= 11 is 0. The second kappa shape index (κ2) is 10.7. The van der Waals surface area contributed by atoms with Gasteiger partial charge in [-0.1, -0.05) is 44.1 Å². The Morgan fingerprint density at radius 3 is 2.64 bits per heavy atom. The number of rotatable bonds is 11. The maximum absolute atomic E-state index is 13.0. The number of phosphoric ester groups is 1. The van der Waals surface area contributed by atoms with Gasteiger partial charge in [-0.2, -0.15) is 0 Å². The molecule has 1 aromatic heterocycles. The van der Waals surface area contributed by atoms with E-state index in [0.717, 1.165) is 30.4 Å². The number of aryl methyl sites for hydroxylation is 1. The SMILES string of the molecule is CCCC/C=C/c1ccc2oc3cc(CCC(N)(CO)COP(=O)(O)O)ccc3c(=O)c2c1. The van der Waals surface area contributed by atoms with Crippen LogP contribution in [0.4, 0.5) is 0 Å². The average molecular weight is 475 g/mol. The number of phosphoric acid groups is 1. The molecule has 0 fully saturated rings. The minimum absolute atomic E-state index is 0.111. The maximum Gasteiger partial charge on any atom is 0.469 e. The number of allylic oxidation sites excluding steroid dienone is 1. The number of aliphatic hydroxyl groups is 1. The molecule has 5 N–H and O–H groups in total. The molecule has 0 amide bonds. The molecule has 1 unspecified atom stereocenters. The van der Waals surface area contributed by atoms with Gasteiger partial charge < -0.3 is 25.0 Å². The molecule has 0 aliphatic heterocycles. The Balaban J connectivity index is 1.83. The minimum atomic E-state index is -4.69. The zero-order valence-electron chi connectivity index (χ0n) is 18.6. The van der Waals surface area contributed by atoms with Gasteiger partial charge >= 0.3 is 7.82 Å². The van der Waals surface area contributed by atoms with E-state index in [-0.39, 0.29) is 11.8 Å². The number of hydrogen-bond donors (Lipinski definition) is 4. The van der Waals surface area contributed by atoms with E-state index >= 15 is 0 Å². The highest BCUT2D eigenvalue weighted by Gasteiger charge is 2.28. The zero-order valence-corrected chi connectivity index (χ0v) is 19.5. The first-order valence-corrected chi connectivity index (χ1v) is 12.4. The summed E-state index contributed by atoms with van der Waals surface area (Å²) < 4.78 is 21.4. The fourth-order valence-corrected chi connectivity index (χ4v) is 3.95. The Labute approximate surface area is 191 Å². The zero-order chi connectivity index (χ0) is 24.1. The lowest BCUT2D eigenvalue weighted by Crippen LogP contribution is -2.48. The molecule has 0 spiro atoms. The first kappa shape index (κ1) is 25.3. The third-order valence-electron chi connectivity index (χ3n) is 5.54. The van der Waals surface area contributed by atoms with Crippen LogP contribution in [-0.4, -0.2) is 33.6 Å². The number of benzene rings is 2. The van der Waals surface area contributed by atoms with E-state index in [9.17, 15) is 14.5 Å². The summed E-state index contributed by atoms with van der Waals surface area (Å²) in [6.45, 7) is 1.15. The molecule has 0 radical (unpaired) electrons. The van der Waals surface area contributed by atoms with Crippen LogP contribution < -0.4 is 11.2 Å². The molecular weight excluding hydrogens is 445 g/mol.